The summed E-state index contributed by atoms with van der Waals surface area (Å²) in [5, 5.41) is 8.69. The van der Waals surface area contributed by atoms with Gasteiger partial charge in [-0.1, -0.05) is 18.2 Å². The fourth-order valence-electron chi connectivity index (χ4n) is 2.38. The summed E-state index contributed by atoms with van der Waals surface area (Å²) < 4.78 is 35.1. The lowest BCUT2D eigenvalue weighted by Crippen LogP contribution is -2.40. The van der Waals surface area contributed by atoms with Crippen LogP contribution >= 0.6 is 0 Å². The van der Waals surface area contributed by atoms with Gasteiger partial charge in [0.05, 0.1) is 7.11 Å². The lowest BCUT2D eigenvalue weighted by molar-refractivity contribution is -0.160. The smallest absolute Gasteiger partial charge is 0.350 e. The van der Waals surface area contributed by atoms with Crippen molar-refractivity contribution in [2.45, 2.75) is 19.4 Å². The molecule has 0 bridgehead atoms. The van der Waals surface area contributed by atoms with Gasteiger partial charge in [-0.15, -0.1) is 0 Å². The maximum atomic E-state index is 13.7. The minimum absolute atomic E-state index is 0.0438. The Morgan fingerprint density at radius 1 is 1.07 bits per heavy atom. The number of rotatable bonds is 10. The molecular weight excluding hydrogens is 395 g/mol. The van der Waals surface area contributed by atoms with Crippen molar-refractivity contribution in [1.29, 1.82) is 0 Å². The summed E-state index contributed by atoms with van der Waals surface area (Å²) >= 11 is 0. The largest absolute Gasteiger partial charge is 0.493 e. The first kappa shape index (κ1) is 22.7. The summed E-state index contributed by atoms with van der Waals surface area (Å²) in [4.78, 5) is 22.9. The molecule has 0 aliphatic rings. The summed E-state index contributed by atoms with van der Waals surface area (Å²) in [6.45, 7) is 2.94. The molecule has 160 valence electrons. The third-order valence-corrected chi connectivity index (χ3v) is 3.87. The van der Waals surface area contributed by atoms with Crippen molar-refractivity contribution in [2.75, 3.05) is 20.3 Å². The number of ether oxygens (including phenoxy) is 4. The topological polar surface area (TPSA) is 91.3 Å². The van der Waals surface area contributed by atoms with Crippen molar-refractivity contribution in [3.8, 4) is 17.2 Å². The highest BCUT2D eigenvalue weighted by atomic mass is 19.1. The second kappa shape index (κ2) is 10.3. The molecule has 0 unspecified atom stereocenters. The molecule has 0 spiro atoms. The van der Waals surface area contributed by atoms with Crippen LogP contribution in [0.25, 0.3) is 6.08 Å². The van der Waals surface area contributed by atoms with Crippen LogP contribution in [-0.2, 0) is 14.3 Å². The second-order valence-electron chi connectivity index (χ2n) is 6.61. The van der Waals surface area contributed by atoms with Gasteiger partial charge in [-0.05, 0) is 49.8 Å². The average molecular weight is 418 g/mol. The maximum absolute atomic E-state index is 13.7. The minimum Gasteiger partial charge on any atom is -0.493 e. The van der Waals surface area contributed by atoms with E-state index >= 15 is 0 Å². The Hall–Kier alpha value is -3.55. The zero-order chi connectivity index (χ0) is 22.1. The lowest BCUT2D eigenvalue weighted by atomic mass is 10.1. The van der Waals surface area contributed by atoms with Crippen molar-refractivity contribution in [1.82, 2.24) is 0 Å². The van der Waals surface area contributed by atoms with Gasteiger partial charge in [0.2, 0.25) is 0 Å². The first-order chi connectivity index (χ1) is 14.2. The summed E-state index contributed by atoms with van der Waals surface area (Å²) in [5.41, 5.74) is -0.766. The number of esters is 1. The van der Waals surface area contributed by atoms with Gasteiger partial charge in [0.25, 0.3) is 0 Å². The van der Waals surface area contributed by atoms with Gasteiger partial charge in [-0.2, -0.15) is 0 Å². The maximum Gasteiger partial charge on any atom is 0.350 e. The van der Waals surface area contributed by atoms with Crippen LogP contribution in [0.4, 0.5) is 4.39 Å². The fraction of sp³-hybridized carbons (Fsp3) is 0.273. The molecule has 0 atom stereocenters. The van der Waals surface area contributed by atoms with E-state index in [0.29, 0.717) is 17.1 Å². The van der Waals surface area contributed by atoms with E-state index in [0.717, 1.165) is 6.08 Å². The Morgan fingerprint density at radius 2 is 1.80 bits per heavy atom. The minimum atomic E-state index is -1.39. The normalized spacial score (nSPS) is 11.2. The molecule has 0 aliphatic heterocycles. The van der Waals surface area contributed by atoms with Crippen molar-refractivity contribution in [3.05, 3.63) is 59.9 Å². The Bertz CT molecular complexity index is 921. The number of halogens is 1. The quantitative estimate of drug-likeness (QED) is 0.357. The van der Waals surface area contributed by atoms with E-state index in [4.69, 9.17) is 24.1 Å². The number of carboxylic acid groups (broad SMARTS) is 1. The monoisotopic (exact) mass is 418 g/mol. The van der Waals surface area contributed by atoms with Gasteiger partial charge in [0.1, 0.15) is 13.2 Å². The van der Waals surface area contributed by atoms with Crippen molar-refractivity contribution >= 4 is 18.0 Å². The van der Waals surface area contributed by atoms with E-state index in [1.54, 1.807) is 24.3 Å². The number of carbonyl (C=O) groups excluding carboxylic acids is 1. The van der Waals surface area contributed by atoms with E-state index in [2.05, 4.69) is 0 Å². The predicted molar refractivity (Wildman–Crippen MR) is 107 cm³/mol. The molecule has 2 rings (SSSR count). The molecule has 0 radical (unpaired) electrons. The molecule has 0 saturated carbocycles. The molecule has 0 amide bonds. The van der Waals surface area contributed by atoms with E-state index in [9.17, 15) is 14.0 Å². The molecule has 30 heavy (non-hydrogen) atoms. The van der Waals surface area contributed by atoms with Gasteiger partial charge in [0.15, 0.2) is 28.7 Å². The third-order valence-electron chi connectivity index (χ3n) is 3.87. The first-order valence-corrected chi connectivity index (χ1v) is 9.05. The number of para-hydroxylation sites is 1. The van der Waals surface area contributed by atoms with Gasteiger partial charge >= 0.3 is 11.9 Å². The summed E-state index contributed by atoms with van der Waals surface area (Å²) in [5.74, 6) is -1.54. The molecule has 0 fully saturated rings. The average Bonchev–Trinajstić information content (AvgIpc) is 2.71. The van der Waals surface area contributed by atoms with Gasteiger partial charge in [-0.25, -0.2) is 14.0 Å². The predicted octanol–water partition coefficient (Wildman–Crippen LogP) is 3.71. The van der Waals surface area contributed by atoms with Crippen LogP contribution in [0.15, 0.2) is 48.5 Å². The Labute approximate surface area is 173 Å². The third kappa shape index (κ3) is 6.51. The van der Waals surface area contributed by atoms with Crippen LogP contribution in [0, 0.1) is 5.82 Å². The van der Waals surface area contributed by atoms with Gasteiger partial charge < -0.3 is 24.1 Å². The van der Waals surface area contributed by atoms with Crippen LogP contribution in [0.5, 0.6) is 17.2 Å². The van der Waals surface area contributed by atoms with Crippen molar-refractivity contribution in [3.63, 3.8) is 0 Å². The molecule has 0 heterocycles. The highest BCUT2D eigenvalue weighted by Crippen LogP contribution is 2.28. The SMILES string of the molecule is COc1cc(/C=C/C(=O)O)ccc1OCCOC(=O)C(C)(C)Oc1ccccc1F. The van der Waals surface area contributed by atoms with Crippen LogP contribution in [0.2, 0.25) is 0 Å². The molecule has 7 nitrogen and oxygen atoms in total. The molecule has 0 aliphatic carbocycles. The van der Waals surface area contributed by atoms with Gasteiger partial charge in [-0.3, -0.25) is 0 Å². The lowest BCUT2D eigenvalue weighted by Gasteiger charge is -2.24. The molecule has 2 aromatic carbocycles. The summed E-state index contributed by atoms with van der Waals surface area (Å²) in [6, 6.07) is 10.7. The van der Waals surface area contributed by atoms with Gasteiger partial charge in [0, 0.05) is 6.08 Å². The summed E-state index contributed by atoms with van der Waals surface area (Å²) in [6.07, 6.45) is 2.44. The molecule has 2 aromatic rings. The fourth-order valence-corrected chi connectivity index (χ4v) is 2.38. The van der Waals surface area contributed by atoms with Crippen molar-refractivity contribution in [2.24, 2.45) is 0 Å². The molecule has 8 heteroatoms. The first-order valence-electron chi connectivity index (χ1n) is 9.05. The zero-order valence-electron chi connectivity index (χ0n) is 16.9. The Kier molecular flexibility index (Phi) is 7.80. The number of carbonyl (C=O) groups is 2. The number of aliphatic carboxylic acids is 1. The number of hydrogen-bond acceptors (Lipinski definition) is 6. The van der Waals surface area contributed by atoms with E-state index < -0.39 is 23.4 Å². The number of hydrogen-bond donors (Lipinski definition) is 1. The van der Waals surface area contributed by atoms with Crippen LogP contribution < -0.4 is 14.2 Å². The molecule has 0 saturated heterocycles. The second-order valence-corrected chi connectivity index (χ2v) is 6.61. The molecular formula is C22H23FO7. The number of carboxylic acids is 1. The zero-order valence-corrected chi connectivity index (χ0v) is 16.9. The highest BCUT2D eigenvalue weighted by Gasteiger charge is 2.32. The van der Waals surface area contributed by atoms with E-state index in [1.165, 1.54) is 45.2 Å². The van der Waals surface area contributed by atoms with E-state index in [-0.39, 0.29) is 19.0 Å². The number of methoxy groups -OCH3 is 1. The summed E-state index contributed by atoms with van der Waals surface area (Å²) in [7, 11) is 1.45. The van der Waals surface area contributed by atoms with Crippen molar-refractivity contribution < 1.29 is 38.0 Å². The standard InChI is InChI=1S/C22H23FO7/c1-22(2,30-17-7-5-4-6-16(17)23)21(26)29-13-12-28-18-10-8-15(9-11-20(24)25)14-19(18)27-3/h4-11,14H,12-13H2,1-3H3,(H,24,25)/b11-9+. The highest BCUT2D eigenvalue weighted by molar-refractivity contribution is 5.85. The number of benzene rings is 2. The molecule has 1 N–H and O–H groups in total. The Balaban J connectivity index is 1.88. The van der Waals surface area contributed by atoms with Crippen LogP contribution in [0.3, 0.4) is 0 Å². The molecule has 0 aromatic heterocycles. The van der Waals surface area contributed by atoms with E-state index in [1.807, 2.05) is 0 Å². The van der Waals surface area contributed by atoms with Crippen LogP contribution in [-0.4, -0.2) is 43.0 Å². The van der Waals surface area contributed by atoms with Crippen LogP contribution in [0.1, 0.15) is 19.4 Å². The Morgan fingerprint density at radius 3 is 2.47 bits per heavy atom.